The number of amides is 1. The molecule has 0 radical (unpaired) electrons. The Kier molecular flexibility index (Phi) is 4.28. The van der Waals surface area contributed by atoms with Crippen molar-refractivity contribution in [2.24, 2.45) is 0 Å². The van der Waals surface area contributed by atoms with Gasteiger partial charge in [0.25, 0.3) is 0 Å². The SMILES string of the molecule is CC(=O)NC(C)C(=O)C#Cc1ccccc1. The van der Waals surface area contributed by atoms with Crippen LogP contribution in [-0.4, -0.2) is 17.7 Å². The Labute approximate surface area is 94.9 Å². The maximum Gasteiger partial charge on any atom is 0.227 e. The molecule has 0 heterocycles. The van der Waals surface area contributed by atoms with Crippen molar-refractivity contribution in [3.63, 3.8) is 0 Å². The van der Waals surface area contributed by atoms with Crippen molar-refractivity contribution in [1.29, 1.82) is 0 Å². The van der Waals surface area contributed by atoms with Crippen LogP contribution in [0.5, 0.6) is 0 Å². The molecule has 0 aliphatic rings. The molecule has 1 atom stereocenters. The number of carbonyl (C=O) groups is 2. The van der Waals surface area contributed by atoms with Gasteiger partial charge in [0.2, 0.25) is 11.7 Å². The smallest absolute Gasteiger partial charge is 0.227 e. The van der Waals surface area contributed by atoms with E-state index in [1.165, 1.54) is 6.92 Å². The van der Waals surface area contributed by atoms with Gasteiger partial charge < -0.3 is 5.32 Å². The van der Waals surface area contributed by atoms with E-state index in [1.807, 2.05) is 30.3 Å². The van der Waals surface area contributed by atoms with Gasteiger partial charge in [0.1, 0.15) is 0 Å². The highest BCUT2D eigenvalue weighted by molar-refractivity contribution is 6.01. The largest absolute Gasteiger partial charge is 0.346 e. The fourth-order valence-corrected chi connectivity index (χ4v) is 1.13. The van der Waals surface area contributed by atoms with E-state index >= 15 is 0 Å². The second kappa shape index (κ2) is 5.72. The van der Waals surface area contributed by atoms with E-state index < -0.39 is 6.04 Å². The first-order chi connectivity index (χ1) is 7.59. The summed E-state index contributed by atoms with van der Waals surface area (Å²) in [5.41, 5.74) is 0.783. The zero-order chi connectivity index (χ0) is 12.0. The molecule has 3 nitrogen and oxygen atoms in total. The Morgan fingerprint density at radius 1 is 1.25 bits per heavy atom. The first-order valence-electron chi connectivity index (χ1n) is 4.97. The summed E-state index contributed by atoms with van der Waals surface area (Å²) in [5, 5.41) is 2.49. The van der Waals surface area contributed by atoms with Crippen LogP contribution in [0.15, 0.2) is 30.3 Å². The van der Waals surface area contributed by atoms with Crippen LogP contribution in [0.1, 0.15) is 19.4 Å². The normalized spacial score (nSPS) is 10.9. The second-order valence-electron chi connectivity index (χ2n) is 3.40. The summed E-state index contributed by atoms with van der Waals surface area (Å²) in [5.74, 6) is 4.72. The monoisotopic (exact) mass is 215 g/mol. The van der Waals surface area contributed by atoms with Gasteiger partial charge in [0.15, 0.2) is 0 Å². The molecule has 1 aromatic rings. The van der Waals surface area contributed by atoms with E-state index in [4.69, 9.17) is 0 Å². The molecule has 0 aliphatic heterocycles. The molecule has 82 valence electrons. The minimum absolute atomic E-state index is 0.234. The zero-order valence-electron chi connectivity index (χ0n) is 9.28. The molecule has 3 heteroatoms. The van der Waals surface area contributed by atoms with Gasteiger partial charge in [-0.1, -0.05) is 24.1 Å². The Bertz CT molecular complexity index is 440. The number of carbonyl (C=O) groups excluding carboxylic acids is 2. The lowest BCUT2D eigenvalue weighted by atomic mass is 10.2. The van der Waals surface area contributed by atoms with E-state index in [-0.39, 0.29) is 11.7 Å². The summed E-state index contributed by atoms with van der Waals surface area (Å²) in [7, 11) is 0. The summed E-state index contributed by atoms with van der Waals surface area (Å²) in [6.07, 6.45) is 0. The number of nitrogens with one attached hydrogen (secondary N) is 1. The summed E-state index contributed by atoms with van der Waals surface area (Å²) in [4.78, 5) is 22.2. The van der Waals surface area contributed by atoms with Crippen molar-refractivity contribution < 1.29 is 9.59 Å². The van der Waals surface area contributed by atoms with Gasteiger partial charge in [-0.15, -0.1) is 0 Å². The van der Waals surface area contributed by atoms with E-state index in [1.54, 1.807) is 6.92 Å². The molecule has 0 fully saturated rings. The van der Waals surface area contributed by atoms with Gasteiger partial charge in [-0.2, -0.15) is 0 Å². The fraction of sp³-hybridized carbons (Fsp3) is 0.231. The Morgan fingerprint density at radius 2 is 1.88 bits per heavy atom. The van der Waals surface area contributed by atoms with Crippen LogP contribution < -0.4 is 5.32 Å². The molecule has 16 heavy (non-hydrogen) atoms. The molecule has 1 amide bonds. The molecule has 1 N–H and O–H groups in total. The molecule has 0 aliphatic carbocycles. The lowest BCUT2D eigenvalue weighted by molar-refractivity contribution is -0.123. The van der Waals surface area contributed by atoms with Crippen LogP contribution >= 0.6 is 0 Å². The third-order valence-electron chi connectivity index (χ3n) is 1.92. The molecule has 0 bridgehead atoms. The number of ketones is 1. The average Bonchev–Trinajstić information content (AvgIpc) is 2.26. The van der Waals surface area contributed by atoms with Crippen molar-refractivity contribution in [3.8, 4) is 11.8 Å². The maximum atomic E-state index is 11.5. The minimum Gasteiger partial charge on any atom is -0.346 e. The molecule has 0 spiro atoms. The van der Waals surface area contributed by atoms with Crippen molar-refractivity contribution in [2.75, 3.05) is 0 Å². The van der Waals surface area contributed by atoms with Crippen LogP contribution in [0.4, 0.5) is 0 Å². The third-order valence-corrected chi connectivity index (χ3v) is 1.92. The molecule has 0 saturated carbocycles. The molecular formula is C13H13NO2. The van der Waals surface area contributed by atoms with Crippen molar-refractivity contribution in [1.82, 2.24) is 5.32 Å². The van der Waals surface area contributed by atoms with Crippen molar-refractivity contribution >= 4 is 11.7 Å². The minimum atomic E-state index is -0.561. The molecule has 1 rings (SSSR count). The number of hydrogen-bond acceptors (Lipinski definition) is 2. The fourth-order valence-electron chi connectivity index (χ4n) is 1.13. The predicted molar refractivity (Wildman–Crippen MR) is 61.6 cm³/mol. The van der Waals surface area contributed by atoms with Crippen LogP contribution in [0.25, 0.3) is 0 Å². The van der Waals surface area contributed by atoms with Gasteiger partial charge >= 0.3 is 0 Å². The second-order valence-corrected chi connectivity index (χ2v) is 3.40. The highest BCUT2D eigenvalue weighted by atomic mass is 16.2. The van der Waals surface area contributed by atoms with Gasteiger partial charge in [-0.25, -0.2) is 0 Å². The summed E-state index contributed by atoms with van der Waals surface area (Å²) in [6.45, 7) is 2.98. The Morgan fingerprint density at radius 3 is 2.44 bits per heavy atom. The Hall–Kier alpha value is -2.08. The topological polar surface area (TPSA) is 46.2 Å². The van der Waals surface area contributed by atoms with Gasteiger partial charge in [0, 0.05) is 12.5 Å². The molecule has 1 aromatic carbocycles. The first kappa shape index (κ1) is 12.0. The number of benzene rings is 1. The van der Waals surface area contributed by atoms with E-state index in [0.717, 1.165) is 5.56 Å². The van der Waals surface area contributed by atoms with E-state index in [0.29, 0.717) is 0 Å². The zero-order valence-corrected chi connectivity index (χ0v) is 9.28. The standard InChI is InChI=1S/C13H13NO2/c1-10(14-11(2)15)13(16)9-8-12-6-4-3-5-7-12/h3-7,10H,1-2H3,(H,14,15). The van der Waals surface area contributed by atoms with Crippen LogP contribution in [-0.2, 0) is 9.59 Å². The number of hydrogen-bond donors (Lipinski definition) is 1. The molecule has 1 unspecified atom stereocenters. The predicted octanol–water partition coefficient (Wildman–Crippen LogP) is 1.13. The quantitative estimate of drug-likeness (QED) is 0.752. The summed E-state index contributed by atoms with van der Waals surface area (Å²) in [6, 6.07) is 8.67. The number of rotatable bonds is 2. The lowest BCUT2D eigenvalue weighted by Gasteiger charge is -2.05. The highest BCUT2D eigenvalue weighted by Gasteiger charge is 2.10. The lowest BCUT2D eigenvalue weighted by Crippen LogP contribution is -2.36. The summed E-state index contributed by atoms with van der Waals surface area (Å²) >= 11 is 0. The number of Topliss-reactive ketones (excluding diaryl/α,β-unsaturated/α-hetero) is 1. The van der Waals surface area contributed by atoms with Crippen LogP contribution in [0.3, 0.4) is 0 Å². The van der Waals surface area contributed by atoms with Crippen LogP contribution in [0, 0.1) is 11.8 Å². The van der Waals surface area contributed by atoms with Crippen molar-refractivity contribution in [3.05, 3.63) is 35.9 Å². The Balaban J connectivity index is 2.65. The summed E-state index contributed by atoms with van der Waals surface area (Å²) < 4.78 is 0. The van der Waals surface area contributed by atoms with E-state index in [2.05, 4.69) is 17.2 Å². The highest BCUT2D eigenvalue weighted by Crippen LogP contribution is 1.95. The molecule has 0 saturated heterocycles. The first-order valence-corrected chi connectivity index (χ1v) is 4.97. The molecule has 0 aromatic heterocycles. The molecular weight excluding hydrogens is 202 g/mol. The van der Waals surface area contributed by atoms with Gasteiger partial charge in [-0.05, 0) is 25.0 Å². The van der Waals surface area contributed by atoms with Gasteiger partial charge in [-0.3, -0.25) is 9.59 Å². The average molecular weight is 215 g/mol. The van der Waals surface area contributed by atoms with Crippen LogP contribution in [0.2, 0.25) is 0 Å². The maximum absolute atomic E-state index is 11.5. The van der Waals surface area contributed by atoms with E-state index in [9.17, 15) is 9.59 Å². The third kappa shape index (κ3) is 3.97. The van der Waals surface area contributed by atoms with Crippen molar-refractivity contribution in [2.45, 2.75) is 19.9 Å². The van der Waals surface area contributed by atoms with Gasteiger partial charge in [0.05, 0.1) is 6.04 Å².